The molecule has 6 nitrogen and oxygen atoms in total. The van der Waals surface area contributed by atoms with Gasteiger partial charge in [-0.2, -0.15) is 0 Å². The fourth-order valence-corrected chi connectivity index (χ4v) is 2.93. The van der Waals surface area contributed by atoms with Gasteiger partial charge in [0.05, 0.1) is 25.5 Å². The van der Waals surface area contributed by atoms with Crippen LogP contribution in [0.25, 0.3) is 0 Å². The predicted octanol–water partition coefficient (Wildman–Crippen LogP) is 2.51. The zero-order valence-electron chi connectivity index (χ0n) is 14.7. The molecule has 2 aromatic rings. The van der Waals surface area contributed by atoms with E-state index in [1.165, 1.54) is 11.3 Å². The minimum Gasteiger partial charge on any atom is -0.489 e. The number of nitrogens with zero attached hydrogens (tertiary/aromatic N) is 1. The molecule has 1 fully saturated rings. The van der Waals surface area contributed by atoms with Crippen LogP contribution in [-0.2, 0) is 11.3 Å². The van der Waals surface area contributed by atoms with Gasteiger partial charge in [0.15, 0.2) is 0 Å². The molecule has 2 aromatic carbocycles. The summed E-state index contributed by atoms with van der Waals surface area (Å²) in [5.41, 5.74) is 9.83. The number of hydrogen-bond donors (Lipinski definition) is 3. The van der Waals surface area contributed by atoms with E-state index in [-0.39, 0.29) is 25.6 Å². The number of anilines is 3. The van der Waals surface area contributed by atoms with E-state index in [0.29, 0.717) is 18.0 Å². The van der Waals surface area contributed by atoms with Crippen LogP contribution in [0.1, 0.15) is 5.56 Å². The normalized spacial score (nSPS) is 13.8. The Balaban J connectivity index is 0.00000243. The Morgan fingerprint density at radius 1 is 1.15 bits per heavy atom. The molecule has 3 rings (SSSR count). The van der Waals surface area contributed by atoms with Crippen molar-refractivity contribution >= 4 is 29.5 Å². The van der Waals surface area contributed by atoms with Crippen LogP contribution < -0.4 is 20.7 Å². The number of aliphatic hydroxyl groups is 1. The number of hydrogen-bond acceptors (Lipinski definition) is 6. The maximum atomic E-state index is 8.98. The van der Waals surface area contributed by atoms with Crippen molar-refractivity contribution in [3.05, 3.63) is 48.0 Å². The van der Waals surface area contributed by atoms with Gasteiger partial charge in [-0.3, -0.25) is 0 Å². The number of rotatable bonds is 7. The van der Waals surface area contributed by atoms with Gasteiger partial charge >= 0.3 is 0 Å². The summed E-state index contributed by atoms with van der Waals surface area (Å²) in [4.78, 5) is 2.35. The first-order valence-electron chi connectivity index (χ1n) is 8.55. The van der Waals surface area contributed by atoms with Gasteiger partial charge in [0, 0.05) is 31.0 Å². The number of benzene rings is 2. The van der Waals surface area contributed by atoms with E-state index in [2.05, 4.69) is 28.4 Å². The summed E-state index contributed by atoms with van der Waals surface area (Å²) in [6.07, 6.45) is 0. The molecule has 0 radical (unpaired) electrons. The Kier molecular flexibility index (Phi) is 7.84. The maximum Gasteiger partial charge on any atom is 0.142 e. The summed E-state index contributed by atoms with van der Waals surface area (Å²) in [6, 6.07) is 13.8. The third kappa shape index (κ3) is 5.17. The first-order chi connectivity index (χ1) is 12.3. The number of aliphatic hydroxyl groups excluding tert-OH is 1. The molecule has 1 aliphatic heterocycles. The molecule has 0 spiro atoms. The minimum absolute atomic E-state index is 0. The van der Waals surface area contributed by atoms with Crippen molar-refractivity contribution in [2.75, 3.05) is 55.5 Å². The minimum atomic E-state index is -0.0241. The molecule has 1 saturated heterocycles. The van der Waals surface area contributed by atoms with E-state index < -0.39 is 0 Å². The van der Waals surface area contributed by atoms with Crippen molar-refractivity contribution in [3.8, 4) is 5.75 Å². The van der Waals surface area contributed by atoms with Gasteiger partial charge in [0.1, 0.15) is 12.4 Å². The average molecular weight is 380 g/mol. The van der Waals surface area contributed by atoms with Gasteiger partial charge in [-0.15, -0.1) is 12.4 Å². The highest BCUT2D eigenvalue weighted by molar-refractivity contribution is 5.85. The summed E-state index contributed by atoms with van der Waals surface area (Å²) in [5.74, 6) is 0.687. The quantitative estimate of drug-likeness (QED) is 0.641. The second kappa shape index (κ2) is 10.1. The van der Waals surface area contributed by atoms with Gasteiger partial charge in [-0.05, 0) is 29.8 Å². The molecule has 0 unspecified atom stereocenters. The van der Waals surface area contributed by atoms with Crippen LogP contribution in [0.5, 0.6) is 5.75 Å². The molecule has 0 aliphatic carbocycles. The Bertz CT molecular complexity index is 693. The zero-order chi connectivity index (χ0) is 17.5. The molecule has 0 amide bonds. The highest BCUT2D eigenvalue weighted by Crippen LogP contribution is 2.29. The Morgan fingerprint density at radius 2 is 1.92 bits per heavy atom. The van der Waals surface area contributed by atoms with E-state index in [1.54, 1.807) is 6.07 Å². The topological polar surface area (TPSA) is 80.0 Å². The predicted molar refractivity (Wildman–Crippen MR) is 107 cm³/mol. The molecule has 0 saturated carbocycles. The number of nitrogens with one attached hydrogen (secondary N) is 1. The smallest absolute Gasteiger partial charge is 0.142 e. The van der Waals surface area contributed by atoms with Crippen LogP contribution in [0.15, 0.2) is 42.5 Å². The molecular weight excluding hydrogens is 354 g/mol. The molecule has 0 atom stereocenters. The van der Waals surface area contributed by atoms with Crippen LogP contribution in [0, 0.1) is 0 Å². The molecular formula is C19H26ClN3O3. The Hall–Kier alpha value is -2.15. The van der Waals surface area contributed by atoms with Gasteiger partial charge in [0.2, 0.25) is 0 Å². The maximum absolute atomic E-state index is 8.98. The molecule has 26 heavy (non-hydrogen) atoms. The lowest BCUT2D eigenvalue weighted by Gasteiger charge is -2.30. The number of nitrogen functional groups attached to an aromatic ring is 1. The van der Waals surface area contributed by atoms with E-state index in [1.807, 2.05) is 18.2 Å². The second-order valence-electron chi connectivity index (χ2n) is 5.91. The number of nitrogens with two attached hydrogens (primary N) is 1. The summed E-state index contributed by atoms with van der Waals surface area (Å²) >= 11 is 0. The van der Waals surface area contributed by atoms with Crippen molar-refractivity contribution in [1.29, 1.82) is 0 Å². The number of para-hydroxylation sites is 1. The second-order valence-corrected chi connectivity index (χ2v) is 5.91. The zero-order valence-corrected chi connectivity index (χ0v) is 15.5. The lowest BCUT2D eigenvalue weighted by atomic mass is 10.1. The molecule has 1 aliphatic rings. The van der Waals surface area contributed by atoms with Crippen LogP contribution in [-0.4, -0.2) is 44.6 Å². The lowest BCUT2D eigenvalue weighted by molar-refractivity contribution is 0.122. The SMILES string of the molecule is Cl.Nc1ccc(OCCO)c(NCc2ccccc2N2CCOCC2)c1. The summed E-state index contributed by atoms with van der Waals surface area (Å²) < 4.78 is 11.0. The number of ether oxygens (including phenoxy) is 2. The van der Waals surface area contributed by atoms with Crippen molar-refractivity contribution in [3.63, 3.8) is 0 Å². The van der Waals surface area contributed by atoms with Gasteiger partial charge in [-0.1, -0.05) is 18.2 Å². The van der Waals surface area contributed by atoms with Gasteiger partial charge < -0.3 is 30.5 Å². The standard InChI is InChI=1S/C19H25N3O3.ClH/c20-16-5-6-19(25-12-9-23)17(13-16)21-14-15-3-1-2-4-18(15)22-7-10-24-11-8-22;/h1-6,13,21,23H,7-12,14,20H2;1H. The van der Waals surface area contributed by atoms with E-state index in [4.69, 9.17) is 20.3 Å². The average Bonchev–Trinajstić information content (AvgIpc) is 2.66. The van der Waals surface area contributed by atoms with Crippen LogP contribution >= 0.6 is 12.4 Å². The molecule has 4 N–H and O–H groups in total. The number of halogens is 1. The van der Waals surface area contributed by atoms with E-state index >= 15 is 0 Å². The van der Waals surface area contributed by atoms with Crippen LogP contribution in [0.2, 0.25) is 0 Å². The van der Waals surface area contributed by atoms with Gasteiger partial charge in [-0.25, -0.2) is 0 Å². The fourth-order valence-electron chi connectivity index (χ4n) is 2.93. The molecule has 0 aromatic heterocycles. The number of morpholine rings is 1. The van der Waals surface area contributed by atoms with Crippen LogP contribution in [0.3, 0.4) is 0 Å². The highest BCUT2D eigenvalue weighted by atomic mass is 35.5. The monoisotopic (exact) mass is 379 g/mol. The highest BCUT2D eigenvalue weighted by Gasteiger charge is 2.14. The largest absolute Gasteiger partial charge is 0.489 e. The van der Waals surface area contributed by atoms with Crippen molar-refractivity contribution < 1.29 is 14.6 Å². The first kappa shape index (κ1) is 20.2. The Morgan fingerprint density at radius 3 is 2.69 bits per heavy atom. The molecule has 0 bridgehead atoms. The summed E-state index contributed by atoms with van der Waals surface area (Å²) in [5, 5.41) is 12.4. The first-order valence-corrected chi connectivity index (χ1v) is 8.55. The van der Waals surface area contributed by atoms with E-state index in [9.17, 15) is 0 Å². The molecule has 7 heteroatoms. The third-order valence-corrected chi connectivity index (χ3v) is 4.17. The molecule has 1 heterocycles. The summed E-state index contributed by atoms with van der Waals surface area (Å²) in [7, 11) is 0. The Labute approximate surface area is 160 Å². The fraction of sp³-hybridized carbons (Fsp3) is 0.368. The van der Waals surface area contributed by atoms with Crippen molar-refractivity contribution in [1.82, 2.24) is 0 Å². The van der Waals surface area contributed by atoms with Gasteiger partial charge in [0.25, 0.3) is 0 Å². The molecule has 142 valence electrons. The summed E-state index contributed by atoms with van der Waals surface area (Å²) in [6.45, 7) is 4.21. The van der Waals surface area contributed by atoms with E-state index in [0.717, 1.165) is 32.0 Å². The van der Waals surface area contributed by atoms with Crippen molar-refractivity contribution in [2.24, 2.45) is 0 Å². The third-order valence-electron chi connectivity index (χ3n) is 4.17. The lowest BCUT2D eigenvalue weighted by Crippen LogP contribution is -2.36. The van der Waals surface area contributed by atoms with Crippen molar-refractivity contribution in [2.45, 2.75) is 6.54 Å². The van der Waals surface area contributed by atoms with Crippen LogP contribution in [0.4, 0.5) is 17.1 Å².